The van der Waals surface area contributed by atoms with Gasteiger partial charge in [-0.2, -0.15) is 11.8 Å². The van der Waals surface area contributed by atoms with Crippen LogP contribution in [0.25, 0.3) is 11.3 Å². The third-order valence-corrected chi connectivity index (χ3v) is 7.61. The standard InChI is InChI=1S/C24H30O5S/c1-16(15-30-18-5-3-2-4-6-18)7-9-19-20(25)14-22(29-24(19)26)17-8-10-21-23(13-17)28-12-11-27-21/h8,10,13-14,16,18,25H,2-7,9,11-12,15H2,1H3. The van der Waals surface area contributed by atoms with E-state index in [2.05, 4.69) is 18.7 Å². The molecular weight excluding hydrogens is 400 g/mol. The minimum Gasteiger partial charge on any atom is -0.507 e. The lowest BCUT2D eigenvalue weighted by atomic mass is 10.0. The molecular formula is C24H30O5S. The van der Waals surface area contributed by atoms with E-state index in [1.165, 1.54) is 38.2 Å². The average molecular weight is 431 g/mol. The van der Waals surface area contributed by atoms with Crippen molar-refractivity contribution in [1.29, 1.82) is 0 Å². The van der Waals surface area contributed by atoms with E-state index in [1.54, 1.807) is 18.2 Å². The number of aromatic hydroxyl groups is 1. The van der Waals surface area contributed by atoms with Crippen molar-refractivity contribution >= 4 is 11.8 Å². The lowest BCUT2D eigenvalue weighted by Crippen LogP contribution is -2.15. The van der Waals surface area contributed by atoms with Crippen molar-refractivity contribution in [2.24, 2.45) is 5.92 Å². The van der Waals surface area contributed by atoms with Gasteiger partial charge in [0.2, 0.25) is 0 Å². The third-order valence-electron chi connectivity index (χ3n) is 5.91. The Balaban J connectivity index is 1.38. The average Bonchev–Trinajstić information content (AvgIpc) is 2.77. The van der Waals surface area contributed by atoms with E-state index < -0.39 is 5.63 Å². The van der Waals surface area contributed by atoms with Crippen molar-refractivity contribution in [3.8, 4) is 28.6 Å². The molecule has 4 rings (SSSR count). The maximum atomic E-state index is 12.6. The molecule has 1 aliphatic carbocycles. The number of fused-ring (bicyclic) bond motifs is 1. The van der Waals surface area contributed by atoms with Crippen molar-refractivity contribution in [2.75, 3.05) is 19.0 Å². The minimum absolute atomic E-state index is 0.00303. The van der Waals surface area contributed by atoms with E-state index >= 15 is 0 Å². The summed E-state index contributed by atoms with van der Waals surface area (Å²) in [7, 11) is 0. The molecule has 2 aliphatic rings. The van der Waals surface area contributed by atoms with E-state index in [0.29, 0.717) is 53.9 Å². The number of thioether (sulfide) groups is 1. The highest BCUT2D eigenvalue weighted by Gasteiger charge is 2.18. The fraction of sp³-hybridized carbons (Fsp3) is 0.542. The van der Waals surface area contributed by atoms with Crippen LogP contribution in [0.1, 0.15) is 51.0 Å². The highest BCUT2D eigenvalue weighted by Crippen LogP contribution is 2.35. The van der Waals surface area contributed by atoms with Gasteiger partial charge in [0, 0.05) is 16.9 Å². The van der Waals surface area contributed by atoms with Crippen LogP contribution in [-0.2, 0) is 6.42 Å². The van der Waals surface area contributed by atoms with Crippen LogP contribution < -0.4 is 15.1 Å². The van der Waals surface area contributed by atoms with Crippen molar-refractivity contribution in [3.63, 3.8) is 0 Å². The van der Waals surface area contributed by atoms with Crippen LogP contribution in [0, 0.1) is 5.92 Å². The van der Waals surface area contributed by atoms with Crippen LogP contribution in [0.15, 0.2) is 33.5 Å². The molecule has 0 radical (unpaired) electrons. The van der Waals surface area contributed by atoms with E-state index in [9.17, 15) is 9.90 Å². The zero-order valence-electron chi connectivity index (χ0n) is 17.5. The first-order valence-electron chi connectivity index (χ1n) is 11.0. The van der Waals surface area contributed by atoms with E-state index in [-0.39, 0.29) is 5.75 Å². The summed E-state index contributed by atoms with van der Waals surface area (Å²) >= 11 is 2.07. The van der Waals surface area contributed by atoms with Gasteiger partial charge >= 0.3 is 5.63 Å². The molecule has 162 valence electrons. The van der Waals surface area contributed by atoms with Crippen LogP contribution in [0.2, 0.25) is 0 Å². The van der Waals surface area contributed by atoms with Gasteiger partial charge in [-0.1, -0.05) is 26.2 Å². The fourth-order valence-electron chi connectivity index (χ4n) is 4.08. The number of hydrogen-bond donors (Lipinski definition) is 1. The summed E-state index contributed by atoms with van der Waals surface area (Å²) in [4.78, 5) is 12.6. The molecule has 1 aliphatic heterocycles. The summed E-state index contributed by atoms with van der Waals surface area (Å²) in [6.07, 6.45) is 8.16. The summed E-state index contributed by atoms with van der Waals surface area (Å²) in [5, 5.41) is 11.3. The molecule has 1 aromatic carbocycles. The van der Waals surface area contributed by atoms with Crippen LogP contribution >= 0.6 is 11.8 Å². The molecule has 0 amide bonds. The number of benzene rings is 1. The molecule has 0 spiro atoms. The maximum Gasteiger partial charge on any atom is 0.343 e. The molecule has 1 fully saturated rings. The topological polar surface area (TPSA) is 68.9 Å². The Bertz CT molecular complexity index is 916. The quantitative estimate of drug-likeness (QED) is 0.633. The van der Waals surface area contributed by atoms with E-state index in [1.807, 2.05) is 0 Å². The smallest absolute Gasteiger partial charge is 0.343 e. The molecule has 1 N–H and O–H groups in total. The molecule has 30 heavy (non-hydrogen) atoms. The molecule has 6 heteroatoms. The SMILES string of the molecule is CC(CCc1c(O)cc(-c2ccc3c(c2)OCCO3)oc1=O)CSC1CCCCC1. The third kappa shape index (κ3) is 5.15. The lowest BCUT2D eigenvalue weighted by Gasteiger charge is -2.22. The summed E-state index contributed by atoms with van der Waals surface area (Å²) in [5.41, 5.74) is 0.577. The predicted octanol–water partition coefficient (Wildman–Crippen LogP) is 5.42. The Morgan fingerprint density at radius 1 is 1.10 bits per heavy atom. The van der Waals surface area contributed by atoms with Crippen LogP contribution in [0.5, 0.6) is 17.2 Å². The van der Waals surface area contributed by atoms with Crippen molar-refractivity contribution in [1.82, 2.24) is 0 Å². The van der Waals surface area contributed by atoms with Gasteiger partial charge in [-0.05, 0) is 55.6 Å². The Labute approximate surface area is 181 Å². The highest BCUT2D eigenvalue weighted by molar-refractivity contribution is 7.99. The van der Waals surface area contributed by atoms with Gasteiger partial charge < -0.3 is 19.0 Å². The van der Waals surface area contributed by atoms with Gasteiger partial charge in [0.25, 0.3) is 0 Å². The second-order valence-corrected chi connectivity index (χ2v) is 9.69. The fourth-order valence-corrected chi connectivity index (χ4v) is 5.52. The van der Waals surface area contributed by atoms with Crippen molar-refractivity contribution < 1.29 is 19.0 Å². The second-order valence-electron chi connectivity index (χ2n) is 8.36. The van der Waals surface area contributed by atoms with E-state index in [4.69, 9.17) is 13.9 Å². The summed E-state index contributed by atoms with van der Waals surface area (Å²) in [5.74, 6) is 3.23. The van der Waals surface area contributed by atoms with Gasteiger partial charge in [0.1, 0.15) is 24.7 Å². The van der Waals surface area contributed by atoms with Crippen LogP contribution in [0.3, 0.4) is 0 Å². The molecule has 0 saturated heterocycles. The molecule has 1 unspecified atom stereocenters. The molecule has 1 saturated carbocycles. The van der Waals surface area contributed by atoms with Gasteiger partial charge in [-0.3, -0.25) is 0 Å². The number of hydrogen-bond acceptors (Lipinski definition) is 6. The first-order valence-corrected chi connectivity index (χ1v) is 12.0. The van der Waals surface area contributed by atoms with Crippen LogP contribution in [0.4, 0.5) is 0 Å². The Hall–Kier alpha value is -2.08. The van der Waals surface area contributed by atoms with Crippen LogP contribution in [-0.4, -0.2) is 29.3 Å². The Kier molecular flexibility index (Phi) is 6.93. The lowest BCUT2D eigenvalue weighted by molar-refractivity contribution is 0.171. The van der Waals surface area contributed by atoms with Gasteiger partial charge in [0.15, 0.2) is 11.5 Å². The molecule has 5 nitrogen and oxygen atoms in total. The Morgan fingerprint density at radius 2 is 1.87 bits per heavy atom. The van der Waals surface area contributed by atoms with E-state index in [0.717, 1.165) is 17.4 Å². The molecule has 1 atom stereocenters. The van der Waals surface area contributed by atoms with Gasteiger partial charge in [-0.15, -0.1) is 0 Å². The Morgan fingerprint density at radius 3 is 2.63 bits per heavy atom. The molecule has 2 heterocycles. The minimum atomic E-state index is -0.466. The van der Waals surface area contributed by atoms with Gasteiger partial charge in [-0.25, -0.2) is 4.79 Å². The number of ether oxygens (including phenoxy) is 2. The zero-order valence-corrected chi connectivity index (χ0v) is 18.3. The first-order chi connectivity index (χ1) is 14.6. The first kappa shape index (κ1) is 21.2. The second kappa shape index (κ2) is 9.82. The molecule has 1 aromatic heterocycles. The normalized spacial score (nSPS) is 17.6. The van der Waals surface area contributed by atoms with Crippen molar-refractivity contribution in [2.45, 2.75) is 57.1 Å². The molecule has 0 bridgehead atoms. The van der Waals surface area contributed by atoms with Crippen molar-refractivity contribution in [3.05, 3.63) is 40.2 Å². The maximum absolute atomic E-state index is 12.6. The summed E-state index contributed by atoms with van der Waals surface area (Å²) in [6, 6.07) is 6.90. The highest BCUT2D eigenvalue weighted by atomic mass is 32.2. The largest absolute Gasteiger partial charge is 0.507 e. The molecule has 2 aromatic rings. The monoisotopic (exact) mass is 430 g/mol. The van der Waals surface area contributed by atoms with Gasteiger partial charge in [0.05, 0.1) is 5.56 Å². The summed E-state index contributed by atoms with van der Waals surface area (Å²) in [6.45, 7) is 3.23. The number of rotatable bonds is 7. The predicted molar refractivity (Wildman–Crippen MR) is 120 cm³/mol. The summed E-state index contributed by atoms with van der Waals surface area (Å²) < 4.78 is 16.7. The zero-order chi connectivity index (χ0) is 20.9.